The van der Waals surface area contributed by atoms with Gasteiger partial charge < -0.3 is 4.40 Å². The van der Waals surface area contributed by atoms with Gasteiger partial charge in [0.15, 0.2) is 0 Å². The van der Waals surface area contributed by atoms with Gasteiger partial charge in [-0.25, -0.2) is 4.98 Å². The quantitative estimate of drug-likeness (QED) is 0.622. The molecule has 0 atom stereocenters. The highest BCUT2D eigenvalue weighted by molar-refractivity contribution is 5.48. The molecule has 0 bridgehead atoms. The van der Waals surface area contributed by atoms with Gasteiger partial charge in [-0.3, -0.25) is 0 Å². The minimum Gasteiger partial charge on any atom is -0.306 e. The average Bonchev–Trinajstić information content (AvgIpc) is 2.50. The van der Waals surface area contributed by atoms with Crippen molar-refractivity contribution in [2.75, 3.05) is 0 Å². The molecule has 2 rings (SSSR count). The number of hydrogen-bond donors (Lipinski definition) is 0. The number of imidazole rings is 1. The summed E-state index contributed by atoms with van der Waals surface area (Å²) >= 11 is 0. The summed E-state index contributed by atoms with van der Waals surface area (Å²) in [6, 6.07) is 2.18. The second kappa shape index (κ2) is 2.63. The van der Waals surface area contributed by atoms with Crippen LogP contribution in [0.25, 0.3) is 5.65 Å². The molecule has 0 saturated carbocycles. The van der Waals surface area contributed by atoms with Crippen LogP contribution in [0.5, 0.6) is 0 Å². The van der Waals surface area contributed by atoms with Gasteiger partial charge in [0.2, 0.25) is 0 Å². The number of rotatable bonds is 1. The maximum Gasteiger partial charge on any atom is 0.140 e. The maximum absolute atomic E-state index is 4.17. The summed E-state index contributed by atoms with van der Waals surface area (Å²) in [6.07, 6.45) is 7.81. The van der Waals surface area contributed by atoms with Crippen LogP contribution in [0.15, 0.2) is 18.5 Å². The Kier molecular flexibility index (Phi) is 1.61. The largest absolute Gasteiger partial charge is 0.306 e. The van der Waals surface area contributed by atoms with E-state index in [0.29, 0.717) is 0 Å². The van der Waals surface area contributed by atoms with Crippen molar-refractivity contribution in [3.05, 3.63) is 35.8 Å². The Bertz CT molecular complexity index is 401. The SMILES string of the molecule is CCc1cc(C)cn2c[c]nc12. The van der Waals surface area contributed by atoms with Crippen molar-refractivity contribution in [1.29, 1.82) is 0 Å². The summed E-state index contributed by atoms with van der Waals surface area (Å²) in [6.45, 7) is 4.24. The standard InChI is InChI=1S/C10H11N2/c1-3-9-6-8(2)7-12-5-4-11-10(9)12/h5-7H,3H2,1-2H3. The molecule has 12 heavy (non-hydrogen) atoms. The van der Waals surface area contributed by atoms with Crippen molar-refractivity contribution in [3.63, 3.8) is 0 Å². The first-order chi connectivity index (χ1) is 5.81. The lowest BCUT2D eigenvalue weighted by atomic mass is 10.2. The predicted octanol–water partition coefficient (Wildman–Crippen LogP) is 2.01. The van der Waals surface area contributed by atoms with Gasteiger partial charge in [-0.15, -0.1) is 0 Å². The van der Waals surface area contributed by atoms with Gasteiger partial charge in [-0.1, -0.05) is 13.0 Å². The topological polar surface area (TPSA) is 17.3 Å². The van der Waals surface area contributed by atoms with Gasteiger partial charge in [-0.2, -0.15) is 0 Å². The molecule has 0 fully saturated rings. The van der Waals surface area contributed by atoms with Gasteiger partial charge in [0.05, 0.1) is 0 Å². The van der Waals surface area contributed by atoms with Gasteiger partial charge >= 0.3 is 0 Å². The maximum atomic E-state index is 4.17. The Balaban J connectivity index is 2.80. The highest BCUT2D eigenvalue weighted by Crippen LogP contribution is 2.11. The van der Waals surface area contributed by atoms with E-state index in [2.05, 4.69) is 37.3 Å². The molecule has 0 unspecified atom stereocenters. The number of nitrogens with zero attached hydrogens (tertiary/aromatic N) is 2. The fourth-order valence-electron chi connectivity index (χ4n) is 1.46. The van der Waals surface area contributed by atoms with Crippen LogP contribution in [0, 0.1) is 13.1 Å². The molecule has 0 amide bonds. The van der Waals surface area contributed by atoms with E-state index in [1.54, 1.807) is 0 Å². The third-order valence-corrected chi connectivity index (χ3v) is 2.02. The van der Waals surface area contributed by atoms with E-state index in [4.69, 9.17) is 0 Å². The van der Waals surface area contributed by atoms with Gasteiger partial charge in [0.1, 0.15) is 11.8 Å². The highest BCUT2D eigenvalue weighted by Gasteiger charge is 2.00. The molecule has 0 spiro atoms. The van der Waals surface area contributed by atoms with Crippen molar-refractivity contribution in [3.8, 4) is 0 Å². The fraction of sp³-hybridized carbons (Fsp3) is 0.300. The number of pyridine rings is 1. The molecule has 2 heteroatoms. The van der Waals surface area contributed by atoms with Crippen LogP contribution in [0.4, 0.5) is 0 Å². The van der Waals surface area contributed by atoms with Crippen LogP contribution in [0.2, 0.25) is 0 Å². The van der Waals surface area contributed by atoms with E-state index in [-0.39, 0.29) is 0 Å². The zero-order chi connectivity index (χ0) is 8.55. The van der Waals surface area contributed by atoms with Crippen molar-refractivity contribution in [2.24, 2.45) is 0 Å². The summed E-state index contributed by atoms with van der Waals surface area (Å²) < 4.78 is 2.02. The number of fused-ring (bicyclic) bond motifs is 1. The van der Waals surface area contributed by atoms with E-state index in [1.165, 1.54) is 11.1 Å². The van der Waals surface area contributed by atoms with Crippen molar-refractivity contribution < 1.29 is 0 Å². The number of aromatic nitrogens is 2. The van der Waals surface area contributed by atoms with E-state index in [1.807, 2.05) is 10.6 Å². The third-order valence-electron chi connectivity index (χ3n) is 2.02. The molecule has 2 aromatic rings. The molecule has 2 nitrogen and oxygen atoms in total. The van der Waals surface area contributed by atoms with Gasteiger partial charge in [0, 0.05) is 12.4 Å². The lowest BCUT2D eigenvalue weighted by molar-refractivity contribution is 1.07. The molecule has 2 aromatic heterocycles. The van der Waals surface area contributed by atoms with Crippen LogP contribution < -0.4 is 0 Å². The minimum atomic E-state index is 1.02. The van der Waals surface area contributed by atoms with E-state index < -0.39 is 0 Å². The monoisotopic (exact) mass is 159 g/mol. The lowest BCUT2D eigenvalue weighted by Gasteiger charge is -2.01. The van der Waals surface area contributed by atoms with Crippen LogP contribution in [0.3, 0.4) is 0 Å². The summed E-state index contributed by atoms with van der Waals surface area (Å²) in [5.74, 6) is 0. The summed E-state index contributed by atoms with van der Waals surface area (Å²) in [4.78, 5) is 4.17. The summed E-state index contributed by atoms with van der Waals surface area (Å²) in [5.41, 5.74) is 3.59. The molecule has 0 aliphatic rings. The molecule has 0 aromatic carbocycles. The Morgan fingerprint density at radius 1 is 1.58 bits per heavy atom. The summed E-state index contributed by atoms with van der Waals surface area (Å²) in [7, 11) is 0. The van der Waals surface area contributed by atoms with Crippen molar-refractivity contribution in [1.82, 2.24) is 9.38 Å². The van der Waals surface area contributed by atoms with Gasteiger partial charge in [0.25, 0.3) is 0 Å². The van der Waals surface area contributed by atoms with Crippen molar-refractivity contribution >= 4 is 5.65 Å². The molecule has 0 aliphatic carbocycles. The first-order valence-corrected chi connectivity index (χ1v) is 4.15. The number of aryl methyl sites for hydroxylation is 2. The van der Waals surface area contributed by atoms with E-state index in [9.17, 15) is 0 Å². The molecular formula is C10H11N2. The normalized spacial score (nSPS) is 10.8. The highest BCUT2D eigenvalue weighted by atomic mass is 15.0. The average molecular weight is 159 g/mol. The molecule has 0 aliphatic heterocycles. The Morgan fingerprint density at radius 3 is 3.17 bits per heavy atom. The van der Waals surface area contributed by atoms with Crippen LogP contribution in [-0.2, 0) is 6.42 Å². The van der Waals surface area contributed by atoms with Gasteiger partial charge in [-0.05, 0) is 24.5 Å². The molecule has 0 N–H and O–H groups in total. The minimum absolute atomic E-state index is 1.02. The van der Waals surface area contributed by atoms with Crippen LogP contribution in [0.1, 0.15) is 18.1 Å². The molecule has 61 valence electrons. The van der Waals surface area contributed by atoms with Crippen LogP contribution in [-0.4, -0.2) is 9.38 Å². The molecule has 2 heterocycles. The Morgan fingerprint density at radius 2 is 2.42 bits per heavy atom. The Labute approximate surface area is 71.9 Å². The van der Waals surface area contributed by atoms with E-state index in [0.717, 1.165) is 12.1 Å². The van der Waals surface area contributed by atoms with Crippen LogP contribution >= 0.6 is 0 Å². The zero-order valence-corrected chi connectivity index (χ0v) is 7.33. The molecule has 0 saturated heterocycles. The second-order valence-corrected chi connectivity index (χ2v) is 3.00. The lowest BCUT2D eigenvalue weighted by Crippen LogP contribution is -1.91. The van der Waals surface area contributed by atoms with E-state index >= 15 is 0 Å². The zero-order valence-electron chi connectivity index (χ0n) is 7.33. The van der Waals surface area contributed by atoms with Crippen molar-refractivity contribution in [2.45, 2.75) is 20.3 Å². The molecule has 1 radical (unpaired) electrons. The second-order valence-electron chi connectivity index (χ2n) is 3.00. The fourth-order valence-corrected chi connectivity index (χ4v) is 1.46. The summed E-state index contributed by atoms with van der Waals surface area (Å²) in [5, 5.41) is 0. The smallest absolute Gasteiger partial charge is 0.140 e. The first kappa shape index (κ1) is 7.35. The predicted molar refractivity (Wildman–Crippen MR) is 48.1 cm³/mol. The molecular weight excluding hydrogens is 148 g/mol. The first-order valence-electron chi connectivity index (χ1n) is 4.15. The third kappa shape index (κ3) is 0.998. The Hall–Kier alpha value is -1.31. The number of hydrogen-bond acceptors (Lipinski definition) is 1.